The Labute approximate surface area is 201 Å². The highest BCUT2D eigenvalue weighted by atomic mass is 32.2. The molecule has 0 aliphatic heterocycles. The van der Waals surface area contributed by atoms with Crippen LogP contribution in [0.4, 0.5) is 5.69 Å². The van der Waals surface area contributed by atoms with E-state index in [1.54, 1.807) is 24.3 Å². The Kier molecular flexibility index (Phi) is 7.22. The van der Waals surface area contributed by atoms with E-state index >= 15 is 0 Å². The van der Waals surface area contributed by atoms with E-state index < -0.39 is 10.0 Å². The van der Waals surface area contributed by atoms with E-state index in [1.807, 2.05) is 43.3 Å². The van der Waals surface area contributed by atoms with Crippen molar-refractivity contribution >= 4 is 21.6 Å². The molecule has 4 rings (SSSR count). The summed E-state index contributed by atoms with van der Waals surface area (Å²) < 4.78 is 31.9. The summed E-state index contributed by atoms with van der Waals surface area (Å²) in [7, 11) is -3.48. The molecule has 0 unspecified atom stereocenters. The van der Waals surface area contributed by atoms with Gasteiger partial charge in [-0.3, -0.25) is 9.10 Å². The summed E-state index contributed by atoms with van der Waals surface area (Å²) in [6.07, 6.45) is 4.20. The third-order valence-corrected chi connectivity index (χ3v) is 7.19. The van der Waals surface area contributed by atoms with Crippen LogP contribution in [0.25, 0.3) is 0 Å². The van der Waals surface area contributed by atoms with E-state index in [2.05, 4.69) is 17.4 Å². The summed E-state index contributed by atoms with van der Waals surface area (Å²) in [6, 6.07) is 22.8. The van der Waals surface area contributed by atoms with Crippen molar-refractivity contribution in [1.82, 2.24) is 5.32 Å². The maximum atomic E-state index is 12.5. The van der Waals surface area contributed by atoms with E-state index in [4.69, 9.17) is 4.74 Å². The summed E-state index contributed by atoms with van der Waals surface area (Å²) in [6.45, 7) is 2.13. The van der Waals surface area contributed by atoms with E-state index in [0.29, 0.717) is 11.4 Å². The lowest BCUT2D eigenvalue weighted by Crippen LogP contribution is -2.34. The van der Waals surface area contributed by atoms with Crippen LogP contribution in [0.1, 0.15) is 41.1 Å². The smallest absolute Gasteiger partial charge is 0.258 e. The van der Waals surface area contributed by atoms with Crippen LogP contribution >= 0.6 is 0 Å². The zero-order chi connectivity index (χ0) is 24.1. The van der Waals surface area contributed by atoms with Crippen molar-refractivity contribution in [2.75, 3.05) is 17.2 Å². The van der Waals surface area contributed by atoms with Crippen molar-refractivity contribution in [3.8, 4) is 5.75 Å². The predicted octanol–water partition coefficient (Wildman–Crippen LogP) is 4.53. The minimum absolute atomic E-state index is 0.00789. The number of benzene rings is 3. The normalized spacial score (nSPS) is 15.3. The first kappa shape index (κ1) is 23.8. The maximum absolute atomic E-state index is 12.5. The first-order valence-corrected chi connectivity index (χ1v) is 13.3. The van der Waals surface area contributed by atoms with E-state index in [1.165, 1.54) is 21.7 Å². The Morgan fingerprint density at radius 2 is 1.74 bits per heavy atom. The number of sulfonamides is 1. The molecule has 0 fully saturated rings. The quantitative estimate of drug-likeness (QED) is 0.516. The number of fused-ring (bicyclic) bond motifs is 1. The average Bonchev–Trinajstić information content (AvgIpc) is 2.82. The van der Waals surface area contributed by atoms with Crippen LogP contribution in [0.5, 0.6) is 5.75 Å². The molecule has 178 valence electrons. The SMILES string of the molecule is Cc1ccc(CN(c2ccc(OCC(=O)N[C@@H]3CCCc4ccccc43)cc2)S(C)(=O)=O)cc1. The van der Waals surface area contributed by atoms with Gasteiger partial charge in [0.1, 0.15) is 5.75 Å². The number of anilines is 1. The molecule has 1 amide bonds. The fraction of sp³-hybridized carbons (Fsp3) is 0.296. The van der Waals surface area contributed by atoms with Gasteiger partial charge in [0.2, 0.25) is 10.0 Å². The Morgan fingerprint density at radius 3 is 2.44 bits per heavy atom. The third kappa shape index (κ3) is 5.97. The molecular weight excluding hydrogens is 448 g/mol. The summed E-state index contributed by atoms with van der Waals surface area (Å²) in [4.78, 5) is 12.5. The lowest BCUT2D eigenvalue weighted by molar-refractivity contribution is -0.123. The number of nitrogens with one attached hydrogen (secondary N) is 1. The maximum Gasteiger partial charge on any atom is 0.258 e. The molecule has 0 spiro atoms. The molecule has 0 bridgehead atoms. The van der Waals surface area contributed by atoms with Gasteiger partial charge >= 0.3 is 0 Å². The number of rotatable bonds is 8. The van der Waals surface area contributed by atoms with Gasteiger partial charge in [0.05, 0.1) is 24.5 Å². The van der Waals surface area contributed by atoms with E-state index in [9.17, 15) is 13.2 Å². The summed E-state index contributed by atoms with van der Waals surface area (Å²) in [5.74, 6) is 0.328. The zero-order valence-corrected chi connectivity index (χ0v) is 20.3. The number of nitrogens with zero attached hydrogens (tertiary/aromatic N) is 1. The molecule has 0 saturated carbocycles. The molecule has 7 heteroatoms. The van der Waals surface area contributed by atoms with Gasteiger partial charge in [-0.15, -0.1) is 0 Å². The van der Waals surface area contributed by atoms with Crippen LogP contribution in [0.15, 0.2) is 72.8 Å². The molecule has 1 atom stereocenters. The van der Waals surface area contributed by atoms with Gasteiger partial charge in [0.25, 0.3) is 5.91 Å². The van der Waals surface area contributed by atoms with Crippen molar-refractivity contribution in [3.05, 3.63) is 95.1 Å². The number of amides is 1. The Hall–Kier alpha value is -3.32. The van der Waals surface area contributed by atoms with E-state index in [0.717, 1.165) is 30.4 Å². The molecule has 0 saturated heterocycles. The first-order chi connectivity index (χ1) is 16.3. The minimum Gasteiger partial charge on any atom is -0.484 e. The fourth-order valence-corrected chi connectivity index (χ4v) is 5.14. The molecule has 0 aromatic heterocycles. The highest BCUT2D eigenvalue weighted by Crippen LogP contribution is 2.29. The highest BCUT2D eigenvalue weighted by molar-refractivity contribution is 7.92. The Bertz CT molecular complexity index is 1240. The molecule has 0 heterocycles. The molecule has 1 aliphatic rings. The second-order valence-corrected chi connectivity index (χ2v) is 10.7. The van der Waals surface area contributed by atoms with Gasteiger partial charge in [-0.1, -0.05) is 54.1 Å². The lowest BCUT2D eigenvalue weighted by Gasteiger charge is -2.26. The third-order valence-electron chi connectivity index (χ3n) is 6.05. The van der Waals surface area contributed by atoms with Gasteiger partial charge < -0.3 is 10.1 Å². The molecule has 3 aromatic carbocycles. The van der Waals surface area contributed by atoms with Crippen molar-refractivity contribution < 1.29 is 17.9 Å². The molecule has 3 aromatic rings. The number of hydrogen-bond acceptors (Lipinski definition) is 4. The highest BCUT2D eigenvalue weighted by Gasteiger charge is 2.22. The summed E-state index contributed by atoms with van der Waals surface area (Å²) in [5, 5.41) is 3.07. The minimum atomic E-state index is -3.48. The number of aryl methyl sites for hydroxylation is 2. The Morgan fingerprint density at radius 1 is 1.03 bits per heavy atom. The van der Waals surface area contributed by atoms with Gasteiger partial charge in [0, 0.05) is 0 Å². The van der Waals surface area contributed by atoms with Gasteiger partial charge in [0.15, 0.2) is 6.61 Å². The lowest BCUT2D eigenvalue weighted by atomic mass is 9.88. The predicted molar refractivity (Wildman–Crippen MR) is 134 cm³/mol. The molecule has 0 radical (unpaired) electrons. The van der Waals surface area contributed by atoms with Gasteiger partial charge in [-0.05, 0) is 67.1 Å². The largest absolute Gasteiger partial charge is 0.484 e. The van der Waals surface area contributed by atoms with Crippen molar-refractivity contribution in [2.45, 2.75) is 38.8 Å². The van der Waals surface area contributed by atoms with Crippen LogP contribution in [-0.2, 0) is 27.8 Å². The summed E-state index contributed by atoms with van der Waals surface area (Å²) >= 11 is 0. The van der Waals surface area contributed by atoms with Crippen LogP contribution in [0.3, 0.4) is 0 Å². The van der Waals surface area contributed by atoms with Crippen LogP contribution < -0.4 is 14.4 Å². The topological polar surface area (TPSA) is 75.7 Å². The second-order valence-electron chi connectivity index (χ2n) is 8.75. The van der Waals surface area contributed by atoms with Crippen LogP contribution in [0.2, 0.25) is 0 Å². The number of hydrogen-bond donors (Lipinski definition) is 1. The zero-order valence-electron chi connectivity index (χ0n) is 19.5. The molecular formula is C27H30N2O4S. The molecule has 34 heavy (non-hydrogen) atoms. The van der Waals surface area contributed by atoms with Crippen molar-refractivity contribution in [1.29, 1.82) is 0 Å². The molecule has 1 N–H and O–H groups in total. The number of ether oxygens (including phenoxy) is 1. The van der Waals surface area contributed by atoms with E-state index in [-0.39, 0.29) is 25.1 Å². The average molecular weight is 479 g/mol. The van der Waals surface area contributed by atoms with Gasteiger partial charge in [-0.25, -0.2) is 8.42 Å². The van der Waals surface area contributed by atoms with Gasteiger partial charge in [-0.2, -0.15) is 0 Å². The van der Waals surface area contributed by atoms with Crippen LogP contribution in [-0.4, -0.2) is 27.2 Å². The monoisotopic (exact) mass is 478 g/mol. The molecule has 1 aliphatic carbocycles. The number of carbonyl (C=O) groups is 1. The molecule has 6 nitrogen and oxygen atoms in total. The fourth-order valence-electron chi connectivity index (χ4n) is 4.26. The first-order valence-electron chi connectivity index (χ1n) is 11.4. The number of carbonyl (C=O) groups excluding carboxylic acids is 1. The van der Waals surface area contributed by atoms with Crippen LogP contribution in [0, 0.1) is 6.92 Å². The Balaban J connectivity index is 1.37. The van der Waals surface area contributed by atoms with Crippen molar-refractivity contribution in [2.24, 2.45) is 0 Å². The summed E-state index contributed by atoms with van der Waals surface area (Å²) in [5.41, 5.74) is 5.03. The standard InChI is InChI=1S/C27H30N2O4S/c1-20-10-12-21(13-11-20)18-29(34(2,31)32)23-14-16-24(17-15-23)33-19-27(30)28-26-9-5-7-22-6-3-4-8-25(22)26/h3-4,6,8,10-17,26H,5,7,9,18-19H2,1-2H3,(H,28,30)/t26-/m1/s1. The second kappa shape index (κ2) is 10.3. The van der Waals surface area contributed by atoms with Crippen molar-refractivity contribution in [3.63, 3.8) is 0 Å².